The van der Waals surface area contributed by atoms with Gasteiger partial charge in [0.25, 0.3) is 0 Å². The van der Waals surface area contributed by atoms with Crippen molar-refractivity contribution in [2.75, 3.05) is 11.4 Å². The minimum absolute atomic E-state index is 0.324. The lowest BCUT2D eigenvalue weighted by atomic mass is 10.1. The number of anilines is 2. The molecule has 0 amide bonds. The Bertz CT molecular complexity index is 582. The molecule has 4 heteroatoms. The molecule has 0 aliphatic carbocycles. The fraction of sp³-hybridized carbons (Fsp3) is 0.250. The fourth-order valence-electron chi connectivity index (χ4n) is 2.11. The van der Waals surface area contributed by atoms with Crippen molar-refractivity contribution in [1.82, 2.24) is 0 Å². The lowest BCUT2D eigenvalue weighted by molar-refractivity contribution is 0.199. The van der Waals surface area contributed by atoms with Gasteiger partial charge in [-0.1, -0.05) is 6.07 Å². The first-order valence-electron chi connectivity index (χ1n) is 6.53. The van der Waals surface area contributed by atoms with Crippen LogP contribution in [-0.4, -0.2) is 11.7 Å². The van der Waals surface area contributed by atoms with Gasteiger partial charge in [-0.05, 0) is 55.8 Å². The highest BCUT2D eigenvalue weighted by Gasteiger charge is 2.14. The largest absolute Gasteiger partial charge is 0.389 e. The van der Waals surface area contributed by atoms with Crippen LogP contribution in [0.2, 0.25) is 0 Å². The predicted molar refractivity (Wildman–Crippen MR) is 76.1 cm³/mol. The molecule has 0 fully saturated rings. The maximum absolute atomic E-state index is 14.2. The van der Waals surface area contributed by atoms with Crippen molar-refractivity contribution in [3.63, 3.8) is 0 Å². The van der Waals surface area contributed by atoms with Gasteiger partial charge in [-0.2, -0.15) is 0 Å². The smallest absolute Gasteiger partial charge is 0.147 e. The van der Waals surface area contributed by atoms with Crippen molar-refractivity contribution >= 4 is 11.4 Å². The molecule has 2 aromatic rings. The van der Waals surface area contributed by atoms with Crippen molar-refractivity contribution in [3.8, 4) is 0 Å². The Morgan fingerprint density at radius 2 is 1.75 bits per heavy atom. The maximum Gasteiger partial charge on any atom is 0.147 e. The molecular formula is C16H17F2NO. The Morgan fingerprint density at radius 1 is 1.10 bits per heavy atom. The second-order valence-electron chi connectivity index (χ2n) is 4.61. The summed E-state index contributed by atoms with van der Waals surface area (Å²) in [6.45, 7) is 4.04. The van der Waals surface area contributed by atoms with E-state index in [-0.39, 0.29) is 5.82 Å². The molecule has 106 valence electrons. The maximum atomic E-state index is 14.2. The average molecular weight is 277 g/mol. The summed E-state index contributed by atoms with van der Waals surface area (Å²) in [6.07, 6.45) is -0.709. The van der Waals surface area contributed by atoms with Gasteiger partial charge in [-0.25, -0.2) is 8.78 Å². The standard InChI is InChI=1S/C16H17F2NO/c1-3-19(14-7-5-13(17)6-8-14)16-9-4-12(11(2)20)10-15(16)18/h4-11,20H,3H2,1-2H3/t11-/m1/s1. The molecule has 0 aliphatic heterocycles. The van der Waals surface area contributed by atoms with E-state index >= 15 is 0 Å². The first kappa shape index (κ1) is 14.5. The van der Waals surface area contributed by atoms with Crippen LogP contribution in [0.15, 0.2) is 42.5 Å². The Labute approximate surface area is 117 Å². The second kappa shape index (κ2) is 6.01. The zero-order chi connectivity index (χ0) is 14.7. The number of hydrogen-bond acceptors (Lipinski definition) is 2. The van der Waals surface area contributed by atoms with Gasteiger partial charge in [0.05, 0.1) is 11.8 Å². The summed E-state index contributed by atoms with van der Waals surface area (Å²) in [6, 6.07) is 10.6. The molecule has 0 saturated heterocycles. The van der Waals surface area contributed by atoms with Gasteiger partial charge in [0, 0.05) is 12.2 Å². The zero-order valence-corrected chi connectivity index (χ0v) is 11.5. The van der Waals surface area contributed by atoms with Crippen LogP contribution in [0, 0.1) is 11.6 Å². The summed E-state index contributed by atoms with van der Waals surface area (Å²) in [5, 5.41) is 9.46. The third-order valence-electron chi connectivity index (χ3n) is 3.20. The van der Waals surface area contributed by atoms with Gasteiger partial charge in [-0.15, -0.1) is 0 Å². The molecule has 1 atom stereocenters. The number of benzene rings is 2. The van der Waals surface area contributed by atoms with Gasteiger partial charge in [0.1, 0.15) is 11.6 Å². The molecule has 0 unspecified atom stereocenters. The molecule has 2 nitrogen and oxygen atoms in total. The van der Waals surface area contributed by atoms with E-state index in [1.54, 1.807) is 36.1 Å². The second-order valence-corrected chi connectivity index (χ2v) is 4.61. The highest BCUT2D eigenvalue weighted by Crippen LogP contribution is 2.29. The van der Waals surface area contributed by atoms with Crippen LogP contribution in [0.1, 0.15) is 25.5 Å². The molecule has 0 spiro atoms. The van der Waals surface area contributed by atoms with Crippen LogP contribution in [0.5, 0.6) is 0 Å². The van der Waals surface area contributed by atoms with Crippen LogP contribution in [-0.2, 0) is 0 Å². The Kier molecular flexibility index (Phi) is 4.35. The van der Waals surface area contributed by atoms with Crippen molar-refractivity contribution in [2.45, 2.75) is 20.0 Å². The van der Waals surface area contributed by atoms with Gasteiger partial charge >= 0.3 is 0 Å². The summed E-state index contributed by atoms with van der Waals surface area (Å²) in [7, 11) is 0. The van der Waals surface area contributed by atoms with Crippen LogP contribution in [0.25, 0.3) is 0 Å². The molecule has 2 rings (SSSR count). The average Bonchev–Trinajstić information content (AvgIpc) is 2.43. The summed E-state index contributed by atoms with van der Waals surface area (Å²) in [4.78, 5) is 1.75. The van der Waals surface area contributed by atoms with E-state index < -0.39 is 11.9 Å². The number of aliphatic hydroxyl groups is 1. The van der Waals surface area contributed by atoms with E-state index in [1.807, 2.05) is 6.92 Å². The van der Waals surface area contributed by atoms with Crippen LogP contribution in [0.4, 0.5) is 20.2 Å². The number of hydrogen-bond donors (Lipinski definition) is 1. The molecular weight excluding hydrogens is 260 g/mol. The molecule has 0 aromatic heterocycles. The summed E-state index contributed by atoms with van der Waals surface area (Å²) >= 11 is 0. The summed E-state index contributed by atoms with van der Waals surface area (Å²) in [5.74, 6) is -0.732. The number of halogens is 2. The topological polar surface area (TPSA) is 23.5 Å². The van der Waals surface area contributed by atoms with E-state index in [9.17, 15) is 13.9 Å². The van der Waals surface area contributed by atoms with Gasteiger partial charge < -0.3 is 10.0 Å². The summed E-state index contributed by atoms with van der Waals surface area (Å²) in [5.41, 5.74) is 1.66. The Balaban J connectivity index is 2.39. The number of rotatable bonds is 4. The molecule has 2 aromatic carbocycles. The van der Waals surface area contributed by atoms with E-state index in [4.69, 9.17) is 0 Å². The number of aliphatic hydroxyl groups excluding tert-OH is 1. The monoisotopic (exact) mass is 277 g/mol. The minimum Gasteiger partial charge on any atom is -0.389 e. The summed E-state index contributed by atoms with van der Waals surface area (Å²) < 4.78 is 27.1. The quantitative estimate of drug-likeness (QED) is 0.906. The van der Waals surface area contributed by atoms with Gasteiger partial charge in [0.2, 0.25) is 0 Å². The third kappa shape index (κ3) is 2.96. The molecule has 0 saturated carbocycles. The highest BCUT2D eigenvalue weighted by molar-refractivity contribution is 5.64. The first-order chi connectivity index (χ1) is 9.52. The van der Waals surface area contributed by atoms with Crippen molar-refractivity contribution in [2.24, 2.45) is 0 Å². The molecule has 0 aliphatic rings. The van der Waals surface area contributed by atoms with E-state index in [0.29, 0.717) is 17.8 Å². The zero-order valence-electron chi connectivity index (χ0n) is 11.5. The Morgan fingerprint density at radius 3 is 2.25 bits per heavy atom. The molecule has 0 radical (unpaired) electrons. The van der Waals surface area contributed by atoms with E-state index in [1.165, 1.54) is 18.2 Å². The fourth-order valence-corrected chi connectivity index (χ4v) is 2.11. The van der Waals surface area contributed by atoms with Gasteiger partial charge in [-0.3, -0.25) is 0 Å². The van der Waals surface area contributed by atoms with Crippen LogP contribution >= 0.6 is 0 Å². The van der Waals surface area contributed by atoms with Crippen LogP contribution < -0.4 is 4.90 Å². The lowest BCUT2D eigenvalue weighted by Gasteiger charge is -2.24. The minimum atomic E-state index is -0.709. The predicted octanol–water partition coefficient (Wildman–Crippen LogP) is 4.18. The van der Waals surface area contributed by atoms with E-state index in [0.717, 1.165) is 5.69 Å². The van der Waals surface area contributed by atoms with Crippen molar-refractivity contribution < 1.29 is 13.9 Å². The molecule has 0 bridgehead atoms. The third-order valence-corrected chi connectivity index (χ3v) is 3.20. The number of nitrogens with zero attached hydrogens (tertiary/aromatic N) is 1. The first-order valence-corrected chi connectivity index (χ1v) is 6.53. The highest BCUT2D eigenvalue weighted by atomic mass is 19.1. The normalized spacial score (nSPS) is 12.2. The molecule has 0 heterocycles. The van der Waals surface area contributed by atoms with Crippen molar-refractivity contribution in [1.29, 1.82) is 0 Å². The van der Waals surface area contributed by atoms with E-state index in [2.05, 4.69) is 0 Å². The Hall–Kier alpha value is -1.94. The van der Waals surface area contributed by atoms with Crippen molar-refractivity contribution in [3.05, 3.63) is 59.7 Å². The SMILES string of the molecule is CCN(c1ccc(F)cc1)c1ccc([C@@H](C)O)cc1F. The lowest BCUT2D eigenvalue weighted by Crippen LogP contribution is -2.17. The van der Waals surface area contributed by atoms with Crippen LogP contribution in [0.3, 0.4) is 0 Å². The molecule has 20 heavy (non-hydrogen) atoms. The molecule has 1 N–H and O–H groups in total. The van der Waals surface area contributed by atoms with Gasteiger partial charge in [0.15, 0.2) is 0 Å².